The van der Waals surface area contributed by atoms with Gasteiger partial charge >= 0.3 is 0 Å². The molecule has 1 aliphatic rings. The van der Waals surface area contributed by atoms with Gasteiger partial charge in [-0.2, -0.15) is 0 Å². The lowest BCUT2D eigenvalue weighted by Gasteiger charge is -2.30. The SMILES string of the molecule is CC(C)(C)C1(CC=CC(N)CO)CC1. The minimum absolute atomic E-state index is 0.0407. The topological polar surface area (TPSA) is 46.2 Å². The average Bonchev–Trinajstić information content (AvgIpc) is 2.84. The Morgan fingerprint density at radius 2 is 2.00 bits per heavy atom. The van der Waals surface area contributed by atoms with Crippen molar-refractivity contribution < 1.29 is 5.11 Å². The Morgan fingerprint density at radius 3 is 2.36 bits per heavy atom. The highest BCUT2D eigenvalue weighted by molar-refractivity contribution is 5.07. The van der Waals surface area contributed by atoms with E-state index >= 15 is 0 Å². The van der Waals surface area contributed by atoms with Crippen LogP contribution in [0.5, 0.6) is 0 Å². The van der Waals surface area contributed by atoms with Gasteiger partial charge < -0.3 is 10.8 Å². The first-order chi connectivity index (χ1) is 6.41. The van der Waals surface area contributed by atoms with Crippen LogP contribution in [-0.2, 0) is 0 Å². The molecule has 2 heteroatoms. The lowest BCUT2D eigenvalue weighted by molar-refractivity contribution is 0.216. The highest BCUT2D eigenvalue weighted by Crippen LogP contribution is 2.60. The van der Waals surface area contributed by atoms with E-state index in [4.69, 9.17) is 10.8 Å². The van der Waals surface area contributed by atoms with Crippen molar-refractivity contribution in [1.82, 2.24) is 0 Å². The van der Waals surface area contributed by atoms with Gasteiger partial charge in [-0.25, -0.2) is 0 Å². The third kappa shape index (κ3) is 2.58. The summed E-state index contributed by atoms with van der Waals surface area (Å²) in [7, 11) is 0. The Hall–Kier alpha value is -0.340. The zero-order valence-electron chi connectivity index (χ0n) is 9.59. The zero-order valence-corrected chi connectivity index (χ0v) is 9.59. The van der Waals surface area contributed by atoms with Crippen LogP contribution in [-0.4, -0.2) is 17.8 Å². The van der Waals surface area contributed by atoms with E-state index in [0.29, 0.717) is 10.8 Å². The van der Waals surface area contributed by atoms with Gasteiger partial charge in [0.1, 0.15) is 0 Å². The van der Waals surface area contributed by atoms with Crippen molar-refractivity contribution >= 4 is 0 Å². The molecule has 0 amide bonds. The smallest absolute Gasteiger partial charge is 0.0618 e. The lowest BCUT2D eigenvalue weighted by Crippen LogP contribution is -2.23. The van der Waals surface area contributed by atoms with Crippen LogP contribution in [0.1, 0.15) is 40.0 Å². The molecular weight excluding hydrogens is 174 g/mol. The van der Waals surface area contributed by atoms with Gasteiger partial charge in [0.15, 0.2) is 0 Å². The molecule has 1 atom stereocenters. The van der Waals surface area contributed by atoms with Gasteiger partial charge in [0.05, 0.1) is 6.61 Å². The predicted octanol–water partition coefficient (Wildman–Crippen LogP) is 2.08. The quantitative estimate of drug-likeness (QED) is 0.678. The molecule has 1 saturated carbocycles. The van der Waals surface area contributed by atoms with Crippen molar-refractivity contribution in [1.29, 1.82) is 0 Å². The molecule has 1 fully saturated rings. The molecule has 3 N–H and O–H groups in total. The fourth-order valence-electron chi connectivity index (χ4n) is 1.94. The Morgan fingerprint density at radius 1 is 1.43 bits per heavy atom. The van der Waals surface area contributed by atoms with E-state index in [9.17, 15) is 0 Å². The molecule has 0 aromatic rings. The highest BCUT2D eigenvalue weighted by atomic mass is 16.3. The summed E-state index contributed by atoms with van der Waals surface area (Å²) in [6.07, 6.45) is 7.82. The van der Waals surface area contributed by atoms with E-state index in [-0.39, 0.29) is 12.6 Å². The maximum atomic E-state index is 8.76. The average molecular weight is 197 g/mol. The number of hydrogen-bond donors (Lipinski definition) is 2. The molecule has 0 spiro atoms. The highest BCUT2D eigenvalue weighted by Gasteiger charge is 2.50. The van der Waals surface area contributed by atoms with E-state index in [0.717, 1.165) is 6.42 Å². The molecule has 0 aromatic heterocycles. The Balaban J connectivity index is 2.42. The summed E-state index contributed by atoms with van der Waals surface area (Å²) in [6.45, 7) is 6.96. The maximum absolute atomic E-state index is 8.76. The fourth-order valence-corrected chi connectivity index (χ4v) is 1.94. The lowest BCUT2D eigenvalue weighted by atomic mass is 9.75. The third-order valence-corrected chi connectivity index (χ3v) is 3.55. The van der Waals surface area contributed by atoms with Gasteiger partial charge in [-0.1, -0.05) is 32.9 Å². The second-order valence-corrected chi connectivity index (χ2v) is 5.51. The maximum Gasteiger partial charge on any atom is 0.0618 e. The predicted molar refractivity (Wildman–Crippen MR) is 59.9 cm³/mol. The largest absolute Gasteiger partial charge is 0.394 e. The van der Waals surface area contributed by atoms with Gasteiger partial charge in [0.25, 0.3) is 0 Å². The fraction of sp³-hybridized carbons (Fsp3) is 0.833. The summed E-state index contributed by atoms with van der Waals surface area (Å²) in [5.74, 6) is 0. The van der Waals surface area contributed by atoms with Gasteiger partial charge in [-0.15, -0.1) is 0 Å². The molecule has 1 unspecified atom stereocenters. The van der Waals surface area contributed by atoms with Crippen LogP contribution in [0.4, 0.5) is 0 Å². The van der Waals surface area contributed by atoms with Gasteiger partial charge in [0.2, 0.25) is 0 Å². The minimum atomic E-state index is -0.189. The summed E-state index contributed by atoms with van der Waals surface area (Å²) in [5.41, 5.74) is 6.48. The number of aliphatic hydroxyl groups is 1. The molecule has 1 aliphatic carbocycles. The summed E-state index contributed by atoms with van der Waals surface area (Å²) < 4.78 is 0. The molecule has 0 aromatic carbocycles. The molecule has 0 heterocycles. The Kier molecular flexibility index (Phi) is 3.38. The van der Waals surface area contributed by atoms with Gasteiger partial charge in [-0.05, 0) is 30.1 Å². The second-order valence-electron chi connectivity index (χ2n) is 5.51. The van der Waals surface area contributed by atoms with Crippen molar-refractivity contribution in [2.45, 2.75) is 46.1 Å². The molecule has 0 saturated heterocycles. The minimum Gasteiger partial charge on any atom is -0.394 e. The van der Waals surface area contributed by atoms with Crippen LogP contribution in [0.15, 0.2) is 12.2 Å². The standard InChI is InChI=1S/C12H23NO/c1-11(2,3)12(7-8-12)6-4-5-10(13)9-14/h4-5,10,14H,6-9,13H2,1-3H3. The Bertz CT molecular complexity index is 211. The van der Waals surface area contributed by atoms with Crippen LogP contribution in [0.3, 0.4) is 0 Å². The van der Waals surface area contributed by atoms with Crippen molar-refractivity contribution in [2.75, 3.05) is 6.61 Å². The summed E-state index contributed by atoms with van der Waals surface area (Å²) in [5, 5.41) is 8.76. The number of aliphatic hydroxyl groups excluding tert-OH is 1. The summed E-state index contributed by atoms with van der Waals surface area (Å²) in [4.78, 5) is 0. The molecule has 0 bridgehead atoms. The van der Waals surface area contributed by atoms with E-state index < -0.39 is 0 Å². The van der Waals surface area contributed by atoms with Gasteiger partial charge in [0, 0.05) is 6.04 Å². The first-order valence-corrected chi connectivity index (χ1v) is 5.44. The number of hydrogen-bond acceptors (Lipinski definition) is 2. The van der Waals surface area contributed by atoms with E-state index in [1.54, 1.807) is 0 Å². The molecule has 0 aliphatic heterocycles. The van der Waals surface area contributed by atoms with Crippen LogP contribution in [0, 0.1) is 10.8 Å². The number of rotatable bonds is 4. The number of nitrogens with two attached hydrogens (primary N) is 1. The van der Waals surface area contributed by atoms with Crippen molar-refractivity contribution in [3.8, 4) is 0 Å². The number of allylic oxidation sites excluding steroid dienone is 1. The normalized spacial score (nSPS) is 22.6. The van der Waals surface area contributed by atoms with Crippen LogP contribution >= 0.6 is 0 Å². The molecule has 1 rings (SSSR count). The van der Waals surface area contributed by atoms with Crippen LogP contribution in [0.25, 0.3) is 0 Å². The van der Waals surface area contributed by atoms with Crippen LogP contribution in [0.2, 0.25) is 0 Å². The second kappa shape index (κ2) is 4.03. The molecule has 14 heavy (non-hydrogen) atoms. The van der Waals surface area contributed by atoms with Gasteiger partial charge in [-0.3, -0.25) is 0 Å². The third-order valence-electron chi connectivity index (χ3n) is 3.55. The summed E-state index contributed by atoms with van der Waals surface area (Å²) >= 11 is 0. The first-order valence-electron chi connectivity index (χ1n) is 5.44. The molecule has 2 nitrogen and oxygen atoms in total. The molecule has 82 valence electrons. The Labute approximate surface area is 87.2 Å². The van der Waals surface area contributed by atoms with Crippen molar-refractivity contribution in [2.24, 2.45) is 16.6 Å². The van der Waals surface area contributed by atoms with E-state index in [1.807, 2.05) is 6.08 Å². The van der Waals surface area contributed by atoms with E-state index in [2.05, 4.69) is 26.8 Å². The van der Waals surface area contributed by atoms with Crippen LogP contribution < -0.4 is 5.73 Å². The van der Waals surface area contributed by atoms with Crippen molar-refractivity contribution in [3.05, 3.63) is 12.2 Å². The molecule has 0 radical (unpaired) electrons. The first kappa shape index (κ1) is 11.7. The monoisotopic (exact) mass is 197 g/mol. The molecular formula is C12H23NO. The van der Waals surface area contributed by atoms with E-state index in [1.165, 1.54) is 12.8 Å². The summed E-state index contributed by atoms with van der Waals surface area (Å²) in [6, 6.07) is -0.189. The zero-order chi connectivity index (χ0) is 10.8. The van der Waals surface area contributed by atoms with Crippen molar-refractivity contribution in [3.63, 3.8) is 0 Å².